The van der Waals surface area contributed by atoms with Crippen molar-refractivity contribution in [3.05, 3.63) is 23.5 Å². The van der Waals surface area contributed by atoms with Crippen molar-refractivity contribution < 1.29 is 8.94 Å². The summed E-state index contributed by atoms with van der Waals surface area (Å²) in [6.45, 7) is 5.78. The number of rotatable bonds is 5. The number of likely N-dealkylation sites (tertiary alicyclic amines) is 1. The summed E-state index contributed by atoms with van der Waals surface area (Å²) in [5.74, 6) is 3.74. The van der Waals surface area contributed by atoms with Crippen molar-refractivity contribution in [2.45, 2.75) is 70.4 Å². The highest BCUT2D eigenvalue weighted by molar-refractivity contribution is 5.01. The van der Waals surface area contributed by atoms with Crippen LogP contribution in [0.1, 0.15) is 87.3 Å². The first-order valence-electron chi connectivity index (χ1n) is 8.60. The maximum atomic E-state index is 5.85. The third-order valence-corrected chi connectivity index (χ3v) is 4.89. The Morgan fingerprint density at radius 2 is 2.04 bits per heavy atom. The van der Waals surface area contributed by atoms with Gasteiger partial charge in [-0.2, -0.15) is 4.98 Å². The van der Waals surface area contributed by atoms with E-state index in [9.17, 15) is 0 Å². The van der Waals surface area contributed by atoms with Crippen LogP contribution in [0.3, 0.4) is 0 Å². The fraction of sp³-hybridized carbons (Fsp3) is 0.750. The van der Waals surface area contributed by atoms with Gasteiger partial charge in [-0.25, -0.2) is 0 Å². The van der Waals surface area contributed by atoms with E-state index in [1.54, 1.807) is 0 Å². The van der Waals surface area contributed by atoms with Gasteiger partial charge in [0.15, 0.2) is 5.82 Å². The second-order valence-corrected chi connectivity index (χ2v) is 6.94. The van der Waals surface area contributed by atoms with E-state index in [1.165, 1.54) is 19.3 Å². The molecule has 0 aromatic carbocycles. The van der Waals surface area contributed by atoms with E-state index in [4.69, 9.17) is 8.94 Å². The van der Waals surface area contributed by atoms with Gasteiger partial charge in [-0.1, -0.05) is 25.4 Å². The van der Waals surface area contributed by atoms with Crippen LogP contribution in [0.5, 0.6) is 0 Å². The largest absolute Gasteiger partial charge is 0.424 e. The summed E-state index contributed by atoms with van der Waals surface area (Å²) >= 11 is 0. The first kappa shape index (κ1) is 14.8. The molecule has 3 heterocycles. The first-order chi connectivity index (χ1) is 11.2. The summed E-state index contributed by atoms with van der Waals surface area (Å²) in [6.07, 6.45) is 5.79. The van der Waals surface area contributed by atoms with Crippen LogP contribution in [0.2, 0.25) is 0 Å². The molecule has 0 radical (unpaired) electrons. The van der Waals surface area contributed by atoms with Gasteiger partial charge in [0.2, 0.25) is 17.7 Å². The van der Waals surface area contributed by atoms with Crippen LogP contribution in [-0.4, -0.2) is 31.8 Å². The number of aromatic nitrogens is 4. The zero-order valence-electron chi connectivity index (χ0n) is 13.7. The zero-order valence-corrected chi connectivity index (χ0v) is 13.7. The fourth-order valence-corrected chi connectivity index (χ4v) is 3.25. The van der Waals surface area contributed by atoms with E-state index in [1.807, 2.05) is 0 Å². The Kier molecular flexibility index (Phi) is 3.88. The molecule has 1 aliphatic carbocycles. The summed E-state index contributed by atoms with van der Waals surface area (Å²) in [6, 6.07) is 0.185. The van der Waals surface area contributed by atoms with Gasteiger partial charge in [0.1, 0.15) is 0 Å². The van der Waals surface area contributed by atoms with Gasteiger partial charge >= 0.3 is 0 Å². The molecule has 23 heavy (non-hydrogen) atoms. The molecule has 2 fully saturated rings. The van der Waals surface area contributed by atoms with Gasteiger partial charge in [-0.05, 0) is 32.2 Å². The molecule has 0 amide bonds. The SMILES string of the molecule is CC(C)c1nc([C@H]2CCCN2Cc2nnc(C3CCC3)o2)no1. The average molecular weight is 317 g/mol. The van der Waals surface area contributed by atoms with Crippen molar-refractivity contribution in [1.82, 2.24) is 25.2 Å². The Balaban J connectivity index is 1.45. The molecule has 4 rings (SSSR count). The smallest absolute Gasteiger partial charge is 0.230 e. The average Bonchev–Trinajstić information content (AvgIpc) is 3.17. The van der Waals surface area contributed by atoms with Gasteiger partial charge < -0.3 is 8.94 Å². The molecule has 0 unspecified atom stereocenters. The minimum absolute atomic E-state index is 0.185. The topological polar surface area (TPSA) is 81.1 Å². The van der Waals surface area contributed by atoms with Crippen molar-refractivity contribution in [3.8, 4) is 0 Å². The summed E-state index contributed by atoms with van der Waals surface area (Å²) < 4.78 is 11.2. The predicted molar refractivity (Wildman–Crippen MR) is 81.7 cm³/mol. The second-order valence-electron chi connectivity index (χ2n) is 6.94. The molecule has 7 heteroatoms. The number of hydrogen-bond acceptors (Lipinski definition) is 7. The lowest BCUT2D eigenvalue weighted by molar-refractivity contribution is 0.206. The molecule has 0 spiro atoms. The van der Waals surface area contributed by atoms with Gasteiger partial charge in [-0.15, -0.1) is 10.2 Å². The molecule has 1 saturated carbocycles. The molecule has 2 aromatic rings. The minimum atomic E-state index is 0.185. The van der Waals surface area contributed by atoms with Crippen molar-refractivity contribution in [2.75, 3.05) is 6.54 Å². The summed E-state index contributed by atoms with van der Waals surface area (Å²) in [5, 5.41) is 12.6. The first-order valence-corrected chi connectivity index (χ1v) is 8.60. The van der Waals surface area contributed by atoms with E-state index >= 15 is 0 Å². The number of nitrogens with zero attached hydrogens (tertiary/aromatic N) is 5. The standard InChI is InChI=1S/C16H23N5O2/c1-10(2)15-17-14(20-23-15)12-7-4-8-21(12)9-13-18-19-16(22-13)11-5-3-6-11/h10-12H,3-9H2,1-2H3/t12-/m1/s1. The lowest BCUT2D eigenvalue weighted by Gasteiger charge is -2.21. The lowest BCUT2D eigenvalue weighted by atomic mass is 9.85. The Morgan fingerprint density at radius 1 is 1.17 bits per heavy atom. The highest BCUT2D eigenvalue weighted by Gasteiger charge is 2.32. The van der Waals surface area contributed by atoms with Crippen molar-refractivity contribution in [2.24, 2.45) is 0 Å². The van der Waals surface area contributed by atoms with Crippen LogP contribution in [0.4, 0.5) is 0 Å². The molecule has 1 aliphatic heterocycles. The normalized spacial score (nSPS) is 22.8. The van der Waals surface area contributed by atoms with Crippen LogP contribution in [-0.2, 0) is 6.54 Å². The van der Waals surface area contributed by atoms with Gasteiger partial charge in [-0.3, -0.25) is 4.90 Å². The Morgan fingerprint density at radius 3 is 2.74 bits per heavy atom. The highest BCUT2D eigenvalue weighted by Crippen LogP contribution is 2.36. The predicted octanol–water partition coefficient (Wildman–Crippen LogP) is 3.18. The quantitative estimate of drug-likeness (QED) is 0.837. The lowest BCUT2D eigenvalue weighted by Crippen LogP contribution is -2.23. The van der Waals surface area contributed by atoms with Crippen LogP contribution in [0.15, 0.2) is 8.94 Å². The van der Waals surface area contributed by atoms with E-state index in [-0.39, 0.29) is 12.0 Å². The van der Waals surface area contributed by atoms with E-state index in [0.717, 1.165) is 31.1 Å². The Labute approximate surface area is 135 Å². The molecular formula is C16H23N5O2. The second kappa shape index (κ2) is 6.03. The number of hydrogen-bond donors (Lipinski definition) is 0. The maximum absolute atomic E-state index is 5.85. The van der Waals surface area contributed by atoms with E-state index in [0.29, 0.717) is 24.2 Å². The van der Waals surface area contributed by atoms with Crippen LogP contribution < -0.4 is 0 Å². The molecule has 0 N–H and O–H groups in total. The molecule has 1 atom stereocenters. The van der Waals surface area contributed by atoms with Gasteiger partial charge in [0, 0.05) is 11.8 Å². The third-order valence-electron chi connectivity index (χ3n) is 4.89. The summed E-state index contributed by atoms with van der Waals surface area (Å²) in [5.41, 5.74) is 0. The van der Waals surface area contributed by atoms with Crippen molar-refractivity contribution in [1.29, 1.82) is 0 Å². The summed E-state index contributed by atoms with van der Waals surface area (Å²) in [4.78, 5) is 6.87. The summed E-state index contributed by atoms with van der Waals surface area (Å²) in [7, 11) is 0. The molecule has 1 saturated heterocycles. The van der Waals surface area contributed by atoms with Crippen molar-refractivity contribution in [3.63, 3.8) is 0 Å². The molecule has 2 aliphatic rings. The zero-order chi connectivity index (χ0) is 15.8. The highest BCUT2D eigenvalue weighted by atomic mass is 16.5. The molecule has 0 bridgehead atoms. The molecule has 2 aromatic heterocycles. The molecule has 124 valence electrons. The van der Waals surface area contributed by atoms with Crippen LogP contribution in [0, 0.1) is 0 Å². The van der Waals surface area contributed by atoms with E-state index < -0.39 is 0 Å². The van der Waals surface area contributed by atoms with Crippen LogP contribution >= 0.6 is 0 Å². The van der Waals surface area contributed by atoms with E-state index in [2.05, 4.69) is 39.1 Å². The monoisotopic (exact) mass is 317 g/mol. The Hall–Kier alpha value is -1.76. The molecule has 7 nitrogen and oxygen atoms in total. The van der Waals surface area contributed by atoms with Gasteiger partial charge in [0.25, 0.3) is 0 Å². The maximum Gasteiger partial charge on any atom is 0.230 e. The fourth-order valence-electron chi connectivity index (χ4n) is 3.25. The molecular weight excluding hydrogens is 294 g/mol. The third kappa shape index (κ3) is 2.89. The van der Waals surface area contributed by atoms with Gasteiger partial charge in [0.05, 0.1) is 12.6 Å². The van der Waals surface area contributed by atoms with Crippen LogP contribution in [0.25, 0.3) is 0 Å². The minimum Gasteiger partial charge on any atom is -0.424 e. The Bertz CT molecular complexity index is 661. The van der Waals surface area contributed by atoms with Crippen molar-refractivity contribution >= 4 is 0 Å².